The van der Waals surface area contributed by atoms with E-state index in [4.69, 9.17) is 9.47 Å². The van der Waals surface area contributed by atoms with Crippen LogP contribution in [0.2, 0.25) is 0 Å². The molecule has 1 fully saturated rings. The van der Waals surface area contributed by atoms with Gasteiger partial charge in [-0.15, -0.1) is 0 Å². The van der Waals surface area contributed by atoms with Crippen LogP contribution in [0.25, 0.3) is 0 Å². The smallest absolute Gasteiger partial charge is 0.243 e. The quantitative estimate of drug-likeness (QED) is 0.781. The van der Waals surface area contributed by atoms with E-state index in [1.807, 2.05) is 19.1 Å². The minimum Gasteiger partial charge on any atom is -0.353 e. The lowest BCUT2D eigenvalue weighted by molar-refractivity contribution is -0.224. The van der Waals surface area contributed by atoms with Crippen molar-refractivity contribution in [3.8, 4) is 0 Å². The maximum absolute atomic E-state index is 12.6. The molecule has 0 aliphatic carbocycles. The number of rotatable bonds is 5. The Morgan fingerprint density at radius 2 is 1.62 bits per heavy atom. The second-order valence-electron chi connectivity index (χ2n) is 5.22. The summed E-state index contributed by atoms with van der Waals surface area (Å²) in [5.74, 6) is -0.655. The fourth-order valence-electron chi connectivity index (χ4n) is 2.61. The van der Waals surface area contributed by atoms with Crippen LogP contribution in [0.3, 0.4) is 0 Å². The first kappa shape index (κ1) is 16.4. The number of hydrogen-bond donors (Lipinski definition) is 0. The van der Waals surface area contributed by atoms with E-state index in [2.05, 4.69) is 0 Å². The van der Waals surface area contributed by atoms with Gasteiger partial charge < -0.3 is 9.47 Å². The Kier molecular flexibility index (Phi) is 5.03. The minimum absolute atomic E-state index is 0.349. The Hall–Kier alpha value is -0.950. The predicted octanol–water partition coefficient (Wildman–Crippen LogP) is 2.02. The molecule has 0 unspecified atom stereocenters. The normalized spacial score (nSPS) is 19.6. The second kappa shape index (κ2) is 6.44. The molecule has 0 spiro atoms. The molecule has 21 heavy (non-hydrogen) atoms. The Labute approximate surface area is 126 Å². The van der Waals surface area contributed by atoms with Crippen molar-refractivity contribution in [2.75, 3.05) is 27.3 Å². The molecule has 1 aliphatic rings. The van der Waals surface area contributed by atoms with Crippen molar-refractivity contribution in [2.45, 2.75) is 36.9 Å². The summed E-state index contributed by atoms with van der Waals surface area (Å²) in [7, 11) is -0.243. The number of hydrogen-bond acceptors (Lipinski definition) is 4. The summed E-state index contributed by atoms with van der Waals surface area (Å²) >= 11 is 0. The SMILES string of the molecule is CCc1ccc(S(=O)(=O)N2CCC(OC)(OC)CC2)cc1. The van der Waals surface area contributed by atoms with Gasteiger partial charge in [0.1, 0.15) is 0 Å². The number of sulfonamides is 1. The summed E-state index contributed by atoms with van der Waals surface area (Å²) < 4.78 is 37.5. The van der Waals surface area contributed by atoms with Crippen LogP contribution in [0.15, 0.2) is 29.2 Å². The summed E-state index contributed by atoms with van der Waals surface area (Å²) in [5, 5.41) is 0. The Bertz CT molecular complexity index is 554. The molecule has 6 heteroatoms. The predicted molar refractivity (Wildman–Crippen MR) is 80.6 cm³/mol. The highest BCUT2D eigenvalue weighted by molar-refractivity contribution is 7.89. The lowest BCUT2D eigenvalue weighted by Crippen LogP contribution is -2.48. The van der Waals surface area contributed by atoms with Crippen molar-refractivity contribution in [2.24, 2.45) is 0 Å². The first-order valence-electron chi connectivity index (χ1n) is 7.17. The molecule has 1 aromatic carbocycles. The van der Waals surface area contributed by atoms with Crippen LogP contribution in [0.5, 0.6) is 0 Å². The molecule has 0 amide bonds. The van der Waals surface area contributed by atoms with E-state index in [0.717, 1.165) is 12.0 Å². The van der Waals surface area contributed by atoms with E-state index in [0.29, 0.717) is 30.8 Å². The van der Waals surface area contributed by atoms with Gasteiger partial charge in [-0.05, 0) is 24.1 Å². The average Bonchev–Trinajstić information content (AvgIpc) is 2.55. The van der Waals surface area contributed by atoms with Gasteiger partial charge in [0.25, 0.3) is 0 Å². The standard InChI is InChI=1S/C15H23NO4S/c1-4-13-5-7-14(8-6-13)21(17,18)16-11-9-15(19-2,20-3)10-12-16/h5-8H,4,9-12H2,1-3H3. The summed E-state index contributed by atoms with van der Waals surface area (Å²) in [4.78, 5) is 0.349. The summed E-state index contributed by atoms with van der Waals surface area (Å²) in [6, 6.07) is 7.10. The maximum Gasteiger partial charge on any atom is 0.243 e. The van der Waals surface area contributed by atoms with E-state index in [1.165, 1.54) is 4.31 Å². The molecule has 0 aromatic heterocycles. The fourth-order valence-corrected chi connectivity index (χ4v) is 4.05. The monoisotopic (exact) mass is 313 g/mol. The molecule has 118 valence electrons. The van der Waals surface area contributed by atoms with Gasteiger partial charge in [0, 0.05) is 40.2 Å². The third-order valence-electron chi connectivity index (χ3n) is 4.20. The van der Waals surface area contributed by atoms with Crippen molar-refractivity contribution in [3.05, 3.63) is 29.8 Å². The molecular weight excluding hydrogens is 290 g/mol. The average molecular weight is 313 g/mol. The molecule has 1 aromatic rings. The molecule has 1 saturated heterocycles. The van der Waals surface area contributed by atoms with Crippen LogP contribution < -0.4 is 0 Å². The van der Waals surface area contributed by atoms with Crippen LogP contribution in [-0.2, 0) is 25.9 Å². The first-order chi connectivity index (χ1) is 9.97. The van der Waals surface area contributed by atoms with Crippen LogP contribution in [0.1, 0.15) is 25.3 Å². The van der Waals surface area contributed by atoms with Gasteiger partial charge in [0.15, 0.2) is 5.79 Å². The van der Waals surface area contributed by atoms with Gasteiger partial charge in [0.05, 0.1) is 4.90 Å². The van der Waals surface area contributed by atoms with E-state index < -0.39 is 15.8 Å². The third kappa shape index (κ3) is 3.29. The molecule has 5 nitrogen and oxygen atoms in total. The van der Waals surface area contributed by atoms with E-state index in [9.17, 15) is 8.42 Å². The summed E-state index contributed by atoms with van der Waals surface area (Å²) in [6.45, 7) is 2.85. The van der Waals surface area contributed by atoms with Crippen molar-refractivity contribution in [1.29, 1.82) is 0 Å². The highest BCUT2D eigenvalue weighted by Crippen LogP contribution is 2.29. The molecule has 1 aliphatic heterocycles. The molecule has 2 rings (SSSR count). The second-order valence-corrected chi connectivity index (χ2v) is 7.16. The summed E-state index contributed by atoms with van der Waals surface area (Å²) in [6.07, 6.45) is 1.97. The van der Waals surface area contributed by atoms with Gasteiger partial charge in [0.2, 0.25) is 10.0 Å². The van der Waals surface area contributed by atoms with E-state index in [-0.39, 0.29) is 0 Å². The number of benzene rings is 1. The van der Waals surface area contributed by atoms with E-state index >= 15 is 0 Å². The number of nitrogens with zero attached hydrogens (tertiary/aromatic N) is 1. The Balaban J connectivity index is 2.14. The largest absolute Gasteiger partial charge is 0.353 e. The zero-order valence-electron chi connectivity index (χ0n) is 12.8. The van der Waals surface area contributed by atoms with Crippen LogP contribution in [0.4, 0.5) is 0 Å². The van der Waals surface area contributed by atoms with Crippen LogP contribution >= 0.6 is 0 Å². The first-order valence-corrected chi connectivity index (χ1v) is 8.61. The number of ether oxygens (including phenoxy) is 2. The Morgan fingerprint density at radius 1 is 1.10 bits per heavy atom. The highest BCUT2D eigenvalue weighted by atomic mass is 32.2. The lowest BCUT2D eigenvalue weighted by atomic mass is 10.1. The zero-order chi connectivity index (χ0) is 15.5. The van der Waals surface area contributed by atoms with Crippen LogP contribution in [0, 0.1) is 0 Å². The molecule has 0 N–H and O–H groups in total. The molecule has 0 atom stereocenters. The maximum atomic E-state index is 12.6. The van der Waals surface area contributed by atoms with E-state index in [1.54, 1.807) is 26.4 Å². The number of methoxy groups -OCH3 is 2. The lowest BCUT2D eigenvalue weighted by Gasteiger charge is -2.38. The molecule has 0 radical (unpaired) electrons. The van der Waals surface area contributed by atoms with Crippen LogP contribution in [-0.4, -0.2) is 45.8 Å². The van der Waals surface area contributed by atoms with Gasteiger partial charge >= 0.3 is 0 Å². The van der Waals surface area contributed by atoms with Crippen molar-refractivity contribution < 1.29 is 17.9 Å². The number of aryl methyl sites for hydroxylation is 1. The van der Waals surface area contributed by atoms with Gasteiger partial charge in [-0.1, -0.05) is 19.1 Å². The third-order valence-corrected chi connectivity index (χ3v) is 6.11. The molecular formula is C15H23NO4S. The molecule has 0 bridgehead atoms. The van der Waals surface area contributed by atoms with Gasteiger partial charge in [-0.3, -0.25) is 0 Å². The van der Waals surface area contributed by atoms with Crippen molar-refractivity contribution >= 4 is 10.0 Å². The highest BCUT2D eigenvalue weighted by Gasteiger charge is 2.38. The van der Waals surface area contributed by atoms with Gasteiger partial charge in [-0.25, -0.2) is 8.42 Å². The van der Waals surface area contributed by atoms with Crippen molar-refractivity contribution in [1.82, 2.24) is 4.31 Å². The minimum atomic E-state index is -3.43. The Morgan fingerprint density at radius 3 is 2.05 bits per heavy atom. The molecule has 0 saturated carbocycles. The topological polar surface area (TPSA) is 55.8 Å². The van der Waals surface area contributed by atoms with Gasteiger partial charge in [-0.2, -0.15) is 4.31 Å². The molecule has 1 heterocycles. The summed E-state index contributed by atoms with van der Waals surface area (Å²) in [5.41, 5.74) is 1.13. The van der Waals surface area contributed by atoms with Crippen molar-refractivity contribution in [3.63, 3.8) is 0 Å². The number of piperidine rings is 1. The fraction of sp³-hybridized carbons (Fsp3) is 0.600. The zero-order valence-corrected chi connectivity index (χ0v) is 13.6.